The number of azo groups is 1. The molecule has 2 aliphatic carbocycles. The van der Waals surface area contributed by atoms with E-state index in [1.54, 1.807) is 0 Å². The molecular formula is C25H34N4O4. The highest BCUT2D eigenvalue weighted by molar-refractivity contribution is 6.00. The van der Waals surface area contributed by atoms with E-state index in [1.165, 1.54) is 4.90 Å². The summed E-state index contributed by atoms with van der Waals surface area (Å²) in [7, 11) is 0. The predicted molar refractivity (Wildman–Crippen MR) is 121 cm³/mol. The Morgan fingerprint density at radius 1 is 1.06 bits per heavy atom. The molecule has 0 aromatic heterocycles. The molecule has 5 aliphatic rings. The van der Waals surface area contributed by atoms with Crippen LogP contribution in [0.25, 0.3) is 0 Å². The van der Waals surface area contributed by atoms with Crippen molar-refractivity contribution in [3.05, 3.63) is 22.7 Å². The summed E-state index contributed by atoms with van der Waals surface area (Å²) in [5.41, 5.74) is 1.26. The van der Waals surface area contributed by atoms with Gasteiger partial charge in [0, 0.05) is 35.1 Å². The number of ether oxygens (including phenoxy) is 1. The van der Waals surface area contributed by atoms with Crippen LogP contribution >= 0.6 is 0 Å². The van der Waals surface area contributed by atoms with E-state index in [9.17, 15) is 14.4 Å². The van der Waals surface area contributed by atoms with E-state index in [0.29, 0.717) is 51.5 Å². The first kappa shape index (κ1) is 22.3. The largest absolute Gasteiger partial charge is 0.443 e. The lowest BCUT2D eigenvalue weighted by atomic mass is 9.55. The second kappa shape index (κ2) is 7.00. The van der Waals surface area contributed by atoms with Crippen LogP contribution < -0.4 is 5.32 Å². The molecule has 1 N–H and O–H groups in total. The van der Waals surface area contributed by atoms with Gasteiger partial charge in [0.15, 0.2) is 11.6 Å². The number of amides is 2. The average Bonchev–Trinajstić information content (AvgIpc) is 3.26. The van der Waals surface area contributed by atoms with Gasteiger partial charge in [0.05, 0.1) is 12.1 Å². The molecule has 178 valence electrons. The summed E-state index contributed by atoms with van der Waals surface area (Å²) < 4.78 is 5.61. The summed E-state index contributed by atoms with van der Waals surface area (Å²) in [5, 5.41) is 12.1. The van der Waals surface area contributed by atoms with E-state index in [-0.39, 0.29) is 17.1 Å². The topological polar surface area (TPSA) is 100 Å². The van der Waals surface area contributed by atoms with Crippen LogP contribution in [0.1, 0.15) is 86.0 Å². The zero-order valence-electron chi connectivity index (χ0n) is 20.3. The molecule has 2 spiro atoms. The van der Waals surface area contributed by atoms with Gasteiger partial charge < -0.3 is 10.1 Å². The van der Waals surface area contributed by atoms with Crippen LogP contribution in [0, 0.1) is 10.8 Å². The lowest BCUT2D eigenvalue weighted by molar-refractivity contribution is -0.132. The Morgan fingerprint density at radius 3 is 2.42 bits per heavy atom. The molecule has 8 nitrogen and oxygen atoms in total. The predicted octanol–water partition coefficient (Wildman–Crippen LogP) is 4.77. The van der Waals surface area contributed by atoms with Gasteiger partial charge in [-0.05, 0) is 64.7 Å². The van der Waals surface area contributed by atoms with Gasteiger partial charge in [-0.25, -0.2) is 9.69 Å². The summed E-state index contributed by atoms with van der Waals surface area (Å²) in [6.07, 6.45) is 4.50. The third-order valence-corrected chi connectivity index (χ3v) is 8.02. The van der Waals surface area contributed by atoms with E-state index in [2.05, 4.69) is 29.4 Å². The highest BCUT2D eigenvalue weighted by Gasteiger charge is 2.59. The summed E-state index contributed by atoms with van der Waals surface area (Å²) in [6.45, 7) is 10.2. The summed E-state index contributed by atoms with van der Waals surface area (Å²) >= 11 is 0. The van der Waals surface area contributed by atoms with Crippen molar-refractivity contribution in [3.63, 3.8) is 0 Å². The molecule has 0 radical (unpaired) electrons. The third-order valence-electron chi connectivity index (χ3n) is 8.02. The van der Waals surface area contributed by atoms with Gasteiger partial charge in [0.2, 0.25) is 5.91 Å². The third kappa shape index (κ3) is 3.44. The van der Waals surface area contributed by atoms with E-state index in [0.717, 1.165) is 29.1 Å². The Hall–Kier alpha value is -2.51. The summed E-state index contributed by atoms with van der Waals surface area (Å²) in [5.74, 6) is 0.836. The number of ketones is 1. The van der Waals surface area contributed by atoms with Crippen LogP contribution in [0.15, 0.2) is 32.9 Å². The van der Waals surface area contributed by atoms with Crippen molar-refractivity contribution in [2.45, 2.75) is 97.1 Å². The minimum atomic E-state index is -0.667. The van der Waals surface area contributed by atoms with Crippen molar-refractivity contribution in [3.8, 4) is 0 Å². The number of nitrogens with one attached hydrogen (secondary N) is 1. The molecular weight excluding hydrogens is 420 g/mol. The molecule has 0 atom stereocenters. The quantitative estimate of drug-likeness (QED) is 0.568. The lowest BCUT2D eigenvalue weighted by Gasteiger charge is -2.52. The minimum Gasteiger partial charge on any atom is -0.443 e. The number of imide groups is 1. The van der Waals surface area contributed by atoms with E-state index in [1.807, 2.05) is 20.8 Å². The van der Waals surface area contributed by atoms with Gasteiger partial charge in [-0.2, -0.15) is 5.11 Å². The van der Waals surface area contributed by atoms with Crippen molar-refractivity contribution in [2.75, 3.05) is 6.54 Å². The Bertz CT molecular complexity index is 1040. The minimum absolute atomic E-state index is 0.0980. The molecule has 0 bridgehead atoms. The van der Waals surface area contributed by atoms with E-state index in [4.69, 9.17) is 4.74 Å². The highest BCUT2D eigenvalue weighted by Crippen LogP contribution is 2.60. The van der Waals surface area contributed by atoms with Gasteiger partial charge in [-0.15, -0.1) is 5.11 Å². The zero-order chi connectivity index (χ0) is 23.8. The second-order valence-corrected chi connectivity index (χ2v) is 12.2. The Morgan fingerprint density at radius 2 is 1.76 bits per heavy atom. The first-order valence-corrected chi connectivity index (χ1v) is 12.1. The number of dihydropyridines is 1. The molecule has 1 saturated carbocycles. The fourth-order valence-electron chi connectivity index (χ4n) is 6.67. The van der Waals surface area contributed by atoms with Crippen LogP contribution in [0.5, 0.6) is 0 Å². The molecule has 3 aliphatic heterocycles. The fraction of sp³-hybridized carbons (Fsp3) is 0.720. The summed E-state index contributed by atoms with van der Waals surface area (Å²) in [4.78, 5) is 40.7. The second-order valence-electron chi connectivity index (χ2n) is 12.2. The van der Waals surface area contributed by atoms with Crippen molar-refractivity contribution in [1.82, 2.24) is 10.2 Å². The number of likely N-dealkylation sites (tertiary alicyclic amines) is 1. The number of hydrogen-bond acceptors (Lipinski definition) is 7. The van der Waals surface area contributed by atoms with Crippen molar-refractivity contribution in [2.24, 2.45) is 21.1 Å². The number of carbonyl (C=O) groups excluding carboxylic acids is 3. The summed E-state index contributed by atoms with van der Waals surface area (Å²) in [6, 6.07) is 0. The molecule has 33 heavy (non-hydrogen) atoms. The van der Waals surface area contributed by atoms with E-state index < -0.39 is 22.6 Å². The number of nitrogens with zero attached hydrogens (tertiary/aromatic N) is 3. The molecule has 0 unspecified atom stereocenters. The van der Waals surface area contributed by atoms with Gasteiger partial charge in [-0.1, -0.05) is 13.8 Å². The fourth-order valence-corrected chi connectivity index (χ4v) is 6.67. The molecule has 8 heteroatoms. The Labute approximate surface area is 194 Å². The lowest BCUT2D eigenvalue weighted by Crippen LogP contribution is -2.55. The number of carbonyl (C=O) groups is 3. The van der Waals surface area contributed by atoms with Gasteiger partial charge in [-0.3, -0.25) is 9.59 Å². The molecule has 1 saturated heterocycles. The normalized spacial score (nSPS) is 33.1. The zero-order valence-corrected chi connectivity index (χ0v) is 20.3. The van der Waals surface area contributed by atoms with Crippen molar-refractivity contribution >= 4 is 17.8 Å². The van der Waals surface area contributed by atoms with Crippen LogP contribution in [-0.2, 0) is 14.3 Å². The first-order chi connectivity index (χ1) is 15.4. The average molecular weight is 455 g/mol. The molecule has 0 aromatic carbocycles. The first-order valence-electron chi connectivity index (χ1n) is 12.1. The van der Waals surface area contributed by atoms with Crippen LogP contribution in [-0.4, -0.2) is 40.4 Å². The van der Waals surface area contributed by atoms with Gasteiger partial charge in [0.25, 0.3) is 0 Å². The Balaban J connectivity index is 1.49. The molecule has 3 heterocycles. The maximum Gasteiger partial charge on any atom is 0.417 e. The number of hydrogen-bond donors (Lipinski definition) is 1. The Kier molecular flexibility index (Phi) is 4.73. The number of allylic oxidation sites excluding steroid dienone is 2. The monoisotopic (exact) mass is 454 g/mol. The maximum absolute atomic E-state index is 13.5. The van der Waals surface area contributed by atoms with Crippen molar-refractivity contribution in [1.29, 1.82) is 0 Å². The van der Waals surface area contributed by atoms with Crippen molar-refractivity contribution < 1.29 is 19.1 Å². The number of Topliss-reactive ketones (excluding diaryl/α,β-unsaturated/α-hetero) is 1. The van der Waals surface area contributed by atoms with Crippen LogP contribution in [0.4, 0.5) is 4.79 Å². The SMILES string of the molecule is CC1(C)CC(=O)C2=C(C1)NC1=C(CN=N1)C21CCC2(CCC(=O)N2C(=O)OC(C)(C)C)CC1. The molecule has 0 aromatic rings. The van der Waals surface area contributed by atoms with E-state index >= 15 is 0 Å². The number of fused-ring (bicyclic) bond motifs is 2. The maximum atomic E-state index is 13.5. The highest BCUT2D eigenvalue weighted by atomic mass is 16.6. The van der Waals surface area contributed by atoms with Crippen LogP contribution in [0.3, 0.4) is 0 Å². The van der Waals surface area contributed by atoms with Crippen LogP contribution in [0.2, 0.25) is 0 Å². The molecule has 2 fully saturated rings. The standard InChI is InChI=1S/C25H34N4O4/c1-22(2,3)33-21(32)29-18(31)6-7-24(29)8-10-25(11-9-24)15-14-26-28-20(15)27-16-12-23(4,5)13-17(30)19(16)25/h27H,6-14H2,1-5H3. The molecule has 5 rings (SSSR count). The molecule has 2 amide bonds. The number of rotatable bonds is 0. The smallest absolute Gasteiger partial charge is 0.417 e. The van der Waals surface area contributed by atoms with Gasteiger partial charge >= 0.3 is 6.09 Å². The van der Waals surface area contributed by atoms with Gasteiger partial charge in [0.1, 0.15) is 5.60 Å².